The maximum atomic E-state index is 13.4. The first-order chi connectivity index (χ1) is 15.5. The molecule has 1 aromatic carbocycles. The van der Waals surface area contributed by atoms with Crippen LogP contribution in [-0.4, -0.2) is 41.2 Å². The van der Waals surface area contributed by atoms with Crippen molar-refractivity contribution < 1.29 is 14.0 Å². The second-order valence-corrected chi connectivity index (χ2v) is 10.9. The topological polar surface area (TPSA) is 53.8 Å². The minimum atomic E-state index is -0.0418. The van der Waals surface area contributed by atoms with Crippen LogP contribution >= 0.6 is 0 Å². The molecule has 1 heterocycles. The molecule has 2 aromatic rings. The molecule has 182 valence electrons. The molecule has 33 heavy (non-hydrogen) atoms. The molecule has 2 rings (SSSR count). The van der Waals surface area contributed by atoms with Crippen molar-refractivity contribution >= 4 is 11.8 Å². The molecule has 1 atom stereocenters. The van der Waals surface area contributed by atoms with E-state index in [4.69, 9.17) is 4.42 Å². The number of carbonyl (C=O) groups excluding carboxylic acids is 2. The zero-order chi connectivity index (χ0) is 24.4. The highest BCUT2D eigenvalue weighted by molar-refractivity contribution is 5.85. The number of rotatable bonds is 12. The smallest absolute Gasteiger partial charge is 0.242 e. The molecule has 1 aromatic heterocycles. The van der Waals surface area contributed by atoms with E-state index < -0.39 is 0 Å². The average molecular weight is 455 g/mol. The second-order valence-electron chi connectivity index (χ2n) is 10.9. The molecule has 0 radical (unpaired) electrons. The summed E-state index contributed by atoms with van der Waals surface area (Å²) in [5, 5.41) is 0. The molecule has 5 heteroatoms. The van der Waals surface area contributed by atoms with Crippen LogP contribution in [0, 0.1) is 17.3 Å². The van der Waals surface area contributed by atoms with Gasteiger partial charge in [-0.2, -0.15) is 0 Å². The highest BCUT2D eigenvalue weighted by Crippen LogP contribution is 2.26. The van der Waals surface area contributed by atoms with Gasteiger partial charge in [0.05, 0.1) is 19.4 Å². The fraction of sp³-hybridized carbons (Fsp3) is 0.571. The molecule has 0 aliphatic heterocycles. The van der Waals surface area contributed by atoms with Crippen molar-refractivity contribution in [2.24, 2.45) is 17.3 Å². The molecular formula is C28H42N2O3. The first kappa shape index (κ1) is 26.7. The highest BCUT2D eigenvalue weighted by atomic mass is 16.3. The predicted molar refractivity (Wildman–Crippen MR) is 134 cm³/mol. The lowest BCUT2D eigenvalue weighted by Crippen LogP contribution is -2.45. The van der Waals surface area contributed by atoms with Gasteiger partial charge in [0.25, 0.3) is 0 Å². The third kappa shape index (κ3) is 10.3. The second kappa shape index (κ2) is 12.6. The lowest BCUT2D eigenvalue weighted by molar-refractivity contribution is -0.142. The largest absolute Gasteiger partial charge is 0.467 e. The van der Waals surface area contributed by atoms with Crippen LogP contribution in [0.5, 0.6) is 0 Å². The number of benzene rings is 1. The van der Waals surface area contributed by atoms with E-state index in [2.05, 4.69) is 53.7 Å². The normalized spacial score (nSPS) is 12.6. The lowest BCUT2D eigenvalue weighted by Gasteiger charge is -2.30. The van der Waals surface area contributed by atoms with Crippen LogP contribution in [0.4, 0.5) is 0 Å². The lowest BCUT2D eigenvalue weighted by atomic mass is 9.84. The minimum absolute atomic E-state index is 0.0418. The molecule has 0 bridgehead atoms. The summed E-state index contributed by atoms with van der Waals surface area (Å²) in [6, 6.07) is 13.9. The Morgan fingerprint density at radius 3 is 2.21 bits per heavy atom. The Morgan fingerprint density at radius 1 is 0.939 bits per heavy atom. The van der Waals surface area contributed by atoms with Crippen LogP contribution in [0.2, 0.25) is 0 Å². The summed E-state index contributed by atoms with van der Waals surface area (Å²) in [7, 11) is 0. The number of amides is 2. The number of nitrogens with zero attached hydrogens (tertiary/aromatic N) is 2. The molecule has 0 spiro atoms. The summed E-state index contributed by atoms with van der Waals surface area (Å²) in [5.74, 6) is 1.34. The fourth-order valence-electron chi connectivity index (χ4n) is 4.29. The van der Waals surface area contributed by atoms with Crippen molar-refractivity contribution in [3.63, 3.8) is 0 Å². The Balaban J connectivity index is 2.09. The standard InChI is InChI=1S/C28H42N2O3/c1-22(2)19-30(26(31)17-23(3)18-28(4,5)6)21-27(32)29(20-25-13-10-16-33-25)15-14-24-11-8-7-9-12-24/h7-13,16,22-23H,14-15,17-21H2,1-6H3. The van der Waals surface area contributed by atoms with Crippen molar-refractivity contribution in [2.45, 2.75) is 67.3 Å². The summed E-state index contributed by atoms with van der Waals surface area (Å²) < 4.78 is 5.51. The Labute approximate surface area is 200 Å². The Hall–Kier alpha value is -2.56. The molecule has 5 nitrogen and oxygen atoms in total. The Morgan fingerprint density at radius 2 is 1.64 bits per heavy atom. The van der Waals surface area contributed by atoms with Gasteiger partial charge in [-0.25, -0.2) is 0 Å². The van der Waals surface area contributed by atoms with E-state index in [0.717, 1.165) is 18.6 Å². The van der Waals surface area contributed by atoms with Crippen molar-refractivity contribution in [2.75, 3.05) is 19.6 Å². The van der Waals surface area contributed by atoms with Gasteiger partial charge in [0.1, 0.15) is 5.76 Å². The van der Waals surface area contributed by atoms with Crippen molar-refractivity contribution in [1.82, 2.24) is 9.80 Å². The quantitative estimate of drug-likeness (QED) is 0.407. The van der Waals surface area contributed by atoms with E-state index in [1.807, 2.05) is 35.2 Å². The minimum Gasteiger partial charge on any atom is -0.467 e. The van der Waals surface area contributed by atoms with Gasteiger partial charge in [0.2, 0.25) is 11.8 Å². The van der Waals surface area contributed by atoms with Gasteiger partial charge in [0, 0.05) is 19.5 Å². The monoisotopic (exact) mass is 454 g/mol. The van der Waals surface area contributed by atoms with Crippen LogP contribution in [0.25, 0.3) is 0 Å². The summed E-state index contributed by atoms with van der Waals surface area (Å²) in [6.45, 7) is 14.6. The summed E-state index contributed by atoms with van der Waals surface area (Å²) in [4.78, 5) is 30.1. The van der Waals surface area contributed by atoms with E-state index in [0.29, 0.717) is 32.0 Å². The van der Waals surface area contributed by atoms with Crippen molar-refractivity contribution in [3.8, 4) is 0 Å². The molecule has 2 amide bonds. The molecule has 1 unspecified atom stereocenters. The van der Waals surface area contributed by atoms with Gasteiger partial charge in [0.15, 0.2) is 0 Å². The summed E-state index contributed by atoms with van der Waals surface area (Å²) in [5.41, 5.74) is 1.36. The average Bonchev–Trinajstić information content (AvgIpc) is 3.22. The molecular weight excluding hydrogens is 412 g/mol. The molecule has 0 aliphatic carbocycles. The van der Waals surface area contributed by atoms with Crippen molar-refractivity contribution in [1.29, 1.82) is 0 Å². The number of carbonyl (C=O) groups is 2. The molecule has 0 saturated carbocycles. The van der Waals surface area contributed by atoms with Crippen LogP contribution in [-0.2, 0) is 22.6 Å². The van der Waals surface area contributed by atoms with Gasteiger partial charge in [-0.1, -0.05) is 71.9 Å². The molecule has 0 aliphatic rings. The first-order valence-electron chi connectivity index (χ1n) is 12.2. The van der Waals surface area contributed by atoms with Gasteiger partial charge in [-0.15, -0.1) is 0 Å². The summed E-state index contributed by atoms with van der Waals surface area (Å²) >= 11 is 0. The zero-order valence-corrected chi connectivity index (χ0v) is 21.3. The molecule has 0 N–H and O–H groups in total. The van der Waals surface area contributed by atoms with Crippen LogP contribution in [0.15, 0.2) is 53.1 Å². The fourth-order valence-corrected chi connectivity index (χ4v) is 4.29. The number of hydrogen-bond acceptors (Lipinski definition) is 3. The highest BCUT2D eigenvalue weighted by Gasteiger charge is 2.25. The Kier molecular flexibility index (Phi) is 10.2. The van der Waals surface area contributed by atoms with E-state index in [1.165, 1.54) is 5.56 Å². The van der Waals surface area contributed by atoms with E-state index in [1.54, 1.807) is 11.2 Å². The van der Waals surface area contributed by atoms with Crippen LogP contribution < -0.4 is 0 Å². The maximum absolute atomic E-state index is 13.4. The molecule has 0 fully saturated rings. The number of hydrogen-bond donors (Lipinski definition) is 0. The first-order valence-corrected chi connectivity index (χ1v) is 12.2. The van der Waals surface area contributed by atoms with Gasteiger partial charge < -0.3 is 14.2 Å². The van der Waals surface area contributed by atoms with Gasteiger partial charge in [-0.05, 0) is 47.8 Å². The van der Waals surface area contributed by atoms with Crippen LogP contribution in [0.1, 0.15) is 65.7 Å². The van der Waals surface area contributed by atoms with Crippen LogP contribution in [0.3, 0.4) is 0 Å². The zero-order valence-electron chi connectivity index (χ0n) is 21.3. The van der Waals surface area contributed by atoms with E-state index >= 15 is 0 Å². The van der Waals surface area contributed by atoms with E-state index in [-0.39, 0.29) is 29.7 Å². The third-order valence-corrected chi connectivity index (χ3v) is 5.54. The van der Waals surface area contributed by atoms with E-state index in [9.17, 15) is 9.59 Å². The maximum Gasteiger partial charge on any atom is 0.242 e. The molecule has 0 saturated heterocycles. The third-order valence-electron chi connectivity index (χ3n) is 5.54. The van der Waals surface area contributed by atoms with Gasteiger partial charge >= 0.3 is 0 Å². The Bertz CT molecular complexity index is 838. The van der Waals surface area contributed by atoms with Gasteiger partial charge in [-0.3, -0.25) is 9.59 Å². The summed E-state index contributed by atoms with van der Waals surface area (Å²) in [6.07, 6.45) is 3.83. The SMILES string of the molecule is CC(C)CN(CC(=O)N(CCc1ccccc1)Cc1ccco1)C(=O)CC(C)CC(C)(C)C. The predicted octanol–water partition coefficient (Wildman–Crippen LogP) is 5.80. The number of furan rings is 1. The van der Waals surface area contributed by atoms with Crippen molar-refractivity contribution in [3.05, 3.63) is 60.1 Å².